The Hall–Kier alpha value is -1.28. The molecule has 2 heterocycles. The molecule has 1 aromatic rings. The summed E-state index contributed by atoms with van der Waals surface area (Å²) in [6.07, 6.45) is 0.780. The van der Waals surface area contributed by atoms with Crippen molar-refractivity contribution in [2.45, 2.75) is 17.9 Å². The quantitative estimate of drug-likeness (QED) is 0.730. The molecule has 0 saturated heterocycles. The zero-order valence-corrected chi connectivity index (χ0v) is 8.95. The molecule has 2 N–H and O–H groups in total. The first-order valence-corrected chi connectivity index (χ1v) is 5.89. The molecule has 1 aliphatic rings. The summed E-state index contributed by atoms with van der Waals surface area (Å²) in [6, 6.07) is 0. The van der Waals surface area contributed by atoms with Crippen LogP contribution in [0.15, 0.2) is 4.90 Å². The lowest BCUT2D eigenvalue weighted by Crippen LogP contribution is -2.18. The molecule has 1 aliphatic heterocycles. The van der Waals surface area contributed by atoms with Crippen LogP contribution in [0.4, 0.5) is 0 Å². The van der Waals surface area contributed by atoms with Crippen LogP contribution in [0, 0.1) is 0 Å². The third-order valence-electron chi connectivity index (χ3n) is 2.07. The van der Waals surface area contributed by atoms with E-state index in [2.05, 4.69) is 5.10 Å². The summed E-state index contributed by atoms with van der Waals surface area (Å²) in [4.78, 5) is -0.176. The second-order valence-corrected chi connectivity index (χ2v) is 4.61. The van der Waals surface area contributed by atoms with Crippen molar-refractivity contribution < 1.29 is 17.9 Å². The predicted molar refractivity (Wildman–Crippen MR) is 50.3 cm³/mol. The number of sulfonamides is 1. The standard InChI is InChI=1S/C7H11N3O4S/c1-13-6-5(15(8,11)12)7-10(9-6)3-2-4-14-7/h2-4H2,1H3,(H2,8,11,12). The van der Waals surface area contributed by atoms with Gasteiger partial charge in [-0.3, -0.25) is 0 Å². The SMILES string of the molecule is COc1nn2c(c1S(N)(=O)=O)OCCC2. The van der Waals surface area contributed by atoms with E-state index in [0.717, 1.165) is 6.42 Å². The van der Waals surface area contributed by atoms with E-state index in [0.29, 0.717) is 13.2 Å². The average molecular weight is 233 g/mol. The van der Waals surface area contributed by atoms with Gasteiger partial charge in [-0.2, -0.15) is 0 Å². The number of primary sulfonamides is 1. The molecule has 0 aromatic carbocycles. The largest absolute Gasteiger partial charge is 0.479 e. The number of aryl methyl sites for hydroxylation is 1. The highest BCUT2D eigenvalue weighted by molar-refractivity contribution is 7.89. The van der Waals surface area contributed by atoms with Crippen LogP contribution in [0.3, 0.4) is 0 Å². The fourth-order valence-corrected chi connectivity index (χ4v) is 2.24. The number of methoxy groups -OCH3 is 1. The molecule has 0 amide bonds. The molecular formula is C7H11N3O4S. The van der Waals surface area contributed by atoms with Crippen LogP contribution >= 0.6 is 0 Å². The van der Waals surface area contributed by atoms with Gasteiger partial charge in [0.25, 0.3) is 5.88 Å². The van der Waals surface area contributed by atoms with Gasteiger partial charge in [0, 0.05) is 13.0 Å². The molecule has 0 spiro atoms. The maximum atomic E-state index is 11.3. The zero-order valence-electron chi connectivity index (χ0n) is 8.13. The third-order valence-corrected chi connectivity index (χ3v) is 2.98. The minimum Gasteiger partial charge on any atom is -0.479 e. The maximum absolute atomic E-state index is 11.3. The molecule has 0 bridgehead atoms. The Balaban J connectivity index is 2.65. The highest BCUT2D eigenvalue weighted by Gasteiger charge is 2.30. The number of ether oxygens (including phenoxy) is 2. The van der Waals surface area contributed by atoms with E-state index in [1.807, 2.05) is 0 Å². The smallest absolute Gasteiger partial charge is 0.257 e. The summed E-state index contributed by atoms with van der Waals surface area (Å²) in [5.74, 6) is 0.148. The van der Waals surface area contributed by atoms with E-state index >= 15 is 0 Å². The first kappa shape index (κ1) is 10.2. The number of nitrogens with two attached hydrogens (primary N) is 1. The highest BCUT2D eigenvalue weighted by atomic mass is 32.2. The fraction of sp³-hybridized carbons (Fsp3) is 0.571. The first-order chi connectivity index (χ1) is 7.04. The Bertz CT molecular complexity index is 479. The monoisotopic (exact) mass is 233 g/mol. The number of rotatable bonds is 2. The van der Waals surface area contributed by atoms with Gasteiger partial charge in [-0.1, -0.05) is 0 Å². The molecule has 0 radical (unpaired) electrons. The molecule has 15 heavy (non-hydrogen) atoms. The summed E-state index contributed by atoms with van der Waals surface area (Å²) in [7, 11) is -2.54. The van der Waals surface area contributed by atoms with Crippen LogP contribution in [0.5, 0.6) is 11.8 Å². The molecule has 2 rings (SSSR count). The van der Waals surface area contributed by atoms with Gasteiger partial charge in [0.2, 0.25) is 20.8 Å². The van der Waals surface area contributed by atoms with Crippen molar-refractivity contribution in [3.63, 3.8) is 0 Å². The van der Waals surface area contributed by atoms with Gasteiger partial charge in [-0.25, -0.2) is 18.2 Å². The molecule has 7 nitrogen and oxygen atoms in total. The Morgan fingerprint density at radius 2 is 2.33 bits per heavy atom. The number of fused-ring (bicyclic) bond motifs is 1. The highest BCUT2D eigenvalue weighted by Crippen LogP contribution is 2.33. The van der Waals surface area contributed by atoms with E-state index in [9.17, 15) is 8.42 Å². The lowest BCUT2D eigenvalue weighted by atomic mass is 10.4. The lowest BCUT2D eigenvalue weighted by molar-refractivity contribution is 0.224. The minimum absolute atomic E-state index is 0.0191. The molecule has 0 saturated carbocycles. The second kappa shape index (κ2) is 3.38. The summed E-state index contributed by atoms with van der Waals surface area (Å²) in [5, 5.41) is 9.01. The molecule has 0 aliphatic carbocycles. The van der Waals surface area contributed by atoms with Crippen molar-refractivity contribution in [2.75, 3.05) is 13.7 Å². The minimum atomic E-state index is -3.88. The Morgan fingerprint density at radius 1 is 1.60 bits per heavy atom. The van der Waals surface area contributed by atoms with Crippen molar-refractivity contribution in [2.24, 2.45) is 5.14 Å². The first-order valence-electron chi connectivity index (χ1n) is 4.34. The predicted octanol–water partition coefficient (Wildman–Crippen LogP) is -0.678. The number of hydrogen-bond donors (Lipinski definition) is 1. The van der Waals surface area contributed by atoms with Crippen molar-refractivity contribution in [3.05, 3.63) is 0 Å². The van der Waals surface area contributed by atoms with Crippen LogP contribution in [0.1, 0.15) is 6.42 Å². The summed E-state index contributed by atoms with van der Waals surface area (Å²) >= 11 is 0. The molecule has 0 unspecified atom stereocenters. The molecule has 0 fully saturated rings. The van der Waals surface area contributed by atoms with Crippen LogP contribution < -0.4 is 14.6 Å². The summed E-state index contributed by atoms with van der Waals surface area (Å²) in [5.41, 5.74) is 0. The average Bonchev–Trinajstić information content (AvgIpc) is 2.54. The second-order valence-electron chi connectivity index (χ2n) is 3.11. The van der Waals surface area contributed by atoms with Gasteiger partial charge in [-0.15, -0.1) is 5.10 Å². The fourth-order valence-electron chi connectivity index (χ4n) is 1.46. The van der Waals surface area contributed by atoms with Crippen LogP contribution in [-0.4, -0.2) is 31.9 Å². The maximum Gasteiger partial charge on any atom is 0.257 e. The van der Waals surface area contributed by atoms with E-state index in [4.69, 9.17) is 14.6 Å². The number of hydrogen-bond acceptors (Lipinski definition) is 5. The Kier molecular flexibility index (Phi) is 2.31. The van der Waals surface area contributed by atoms with Gasteiger partial charge in [0.05, 0.1) is 13.7 Å². The molecular weight excluding hydrogens is 222 g/mol. The summed E-state index contributed by atoms with van der Waals surface area (Å²) < 4.78 is 34.1. The van der Waals surface area contributed by atoms with Crippen molar-refractivity contribution in [3.8, 4) is 11.8 Å². The molecule has 84 valence electrons. The van der Waals surface area contributed by atoms with E-state index in [-0.39, 0.29) is 16.7 Å². The Labute approximate surface area is 86.8 Å². The molecule has 0 atom stereocenters. The van der Waals surface area contributed by atoms with E-state index in [1.54, 1.807) is 0 Å². The van der Waals surface area contributed by atoms with Gasteiger partial charge < -0.3 is 9.47 Å². The molecule has 8 heteroatoms. The van der Waals surface area contributed by atoms with Crippen molar-refractivity contribution in [1.29, 1.82) is 0 Å². The van der Waals surface area contributed by atoms with Crippen molar-refractivity contribution in [1.82, 2.24) is 9.78 Å². The molecule has 1 aromatic heterocycles. The number of aromatic nitrogens is 2. The topological polar surface area (TPSA) is 96.4 Å². The van der Waals surface area contributed by atoms with E-state index in [1.165, 1.54) is 11.8 Å². The van der Waals surface area contributed by atoms with Crippen LogP contribution in [0.25, 0.3) is 0 Å². The van der Waals surface area contributed by atoms with E-state index < -0.39 is 10.0 Å². The lowest BCUT2D eigenvalue weighted by Gasteiger charge is -2.14. The van der Waals surface area contributed by atoms with Gasteiger partial charge in [0.15, 0.2) is 0 Å². The van der Waals surface area contributed by atoms with Gasteiger partial charge in [-0.05, 0) is 0 Å². The van der Waals surface area contributed by atoms with Crippen LogP contribution in [0.2, 0.25) is 0 Å². The van der Waals surface area contributed by atoms with Crippen molar-refractivity contribution >= 4 is 10.0 Å². The van der Waals surface area contributed by atoms with Crippen LogP contribution in [-0.2, 0) is 16.6 Å². The normalized spacial score (nSPS) is 15.6. The summed E-state index contributed by atoms with van der Waals surface area (Å²) in [6.45, 7) is 1.05. The third kappa shape index (κ3) is 1.65. The van der Waals surface area contributed by atoms with Gasteiger partial charge in [0.1, 0.15) is 0 Å². The van der Waals surface area contributed by atoms with Gasteiger partial charge >= 0.3 is 0 Å². The zero-order chi connectivity index (χ0) is 11.1. The number of nitrogens with zero attached hydrogens (tertiary/aromatic N) is 2. The Morgan fingerprint density at radius 3 is 2.93 bits per heavy atom.